The molecule has 6 heteroatoms. The van der Waals surface area contributed by atoms with Crippen LogP contribution in [-0.2, 0) is 17.8 Å². The van der Waals surface area contributed by atoms with E-state index in [1.165, 1.54) is 41.5 Å². The summed E-state index contributed by atoms with van der Waals surface area (Å²) in [6, 6.07) is 18.4. The van der Waals surface area contributed by atoms with Gasteiger partial charge in [0.25, 0.3) is 0 Å². The zero-order valence-electron chi connectivity index (χ0n) is 25.4. The number of benzene rings is 2. The van der Waals surface area contributed by atoms with Crippen molar-refractivity contribution >= 4 is 5.97 Å². The van der Waals surface area contributed by atoms with E-state index in [0.717, 1.165) is 49.1 Å². The van der Waals surface area contributed by atoms with E-state index in [1.54, 1.807) is 7.11 Å². The largest absolute Gasteiger partial charge is 0.485 e. The van der Waals surface area contributed by atoms with Crippen LogP contribution >= 0.6 is 0 Å². The maximum atomic E-state index is 11.9. The van der Waals surface area contributed by atoms with Crippen molar-refractivity contribution < 1.29 is 19.4 Å². The number of rotatable bonds is 9. The van der Waals surface area contributed by atoms with Crippen molar-refractivity contribution in [3.05, 3.63) is 77.0 Å². The molecule has 6 rings (SSSR count). The first kappa shape index (κ1) is 28.7. The van der Waals surface area contributed by atoms with Crippen LogP contribution in [0, 0.1) is 11.8 Å². The summed E-state index contributed by atoms with van der Waals surface area (Å²) < 4.78 is 12.2. The van der Waals surface area contributed by atoms with E-state index in [-0.39, 0.29) is 12.0 Å². The standard InChI is InChI=1S/C36H44N2O4/c1-22-6-5-7-23(2)38(22)21-30-18-28(12-14-31(30)27-16-17-37-34(20-27)41-4)32-15-13-25-8-11-29(19-33(25)42-32)35(26-9-10-26)24(3)36(39)40/h8,11-12,14,16-20,22-24,26,32,35H,5-7,9-10,13,15,21H2,1-4H3,(H,39,40)/t22-,23+,24-,32-,35-/m0/s1. The molecule has 1 aliphatic carbocycles. The molecule has 5 atom stereocenters. The molecule has 3 heterocycles. The SMILES string of the molecule is COc1cc(-c2ccc([C@@H]3CCc4ccc([C@H](C5CC5)[C@H](C)C(=O)O)cc4O3)cc2CN2[C@H](C)CCC[C@@H]2C)ccn1. The summed E-state index contributed by atoms with van der Waals surface area (Å²) in [6.07, 6.45) is 9.61. The van der Waals surface area contributed by atoms with Gasteiger partial charge in [0.05, 0.1) is 13.0 Å². The van der Waals surface area contributed by atoms with Crippen LogP contribution in [0.25, 0.3) is 11.1 Å². The lowest BCUT2D eigenvalue weighted by molar-refractivity contribution is -0.142. The quantitative estimate of drug-likeness (QED) is 0.284. The Bertz CT molecular complexity index is 1420. The van der Waals surface area contributed by atoms with Crippen LogP contribution in [0.3, 0.4) is 0 Å². The van der Waals surface area contributed by atoms with Gasteiger partial charge in [0.1, 0.15) is 11.9 Å². The Morgan fingerprint density at radius 1 is 1.05 bits per heavy atom. The van der Waals surface area contributed by atoms with Crippen LogP contribution in [-0.4, -0.2) is 40.2 Å². The lowest BCUT2D eigenvalue weighted by Crippen LogP contribution is -2.43. The number of carbonyl (C=O) groups is 1. The third kappa shape index (κ3) is 5.92. The maximum Gasteiger partial charge on any atom is 0.306 e. The molecule has 42 heavy (non-hydrogen) atoms. The highest BCUT2D eigenvalue weighted by molar-refractivity contribution is 5.71. The minimum atomic E-state index is -0.722. The number of carboxylic acid groups (broad SMARTS) is 1. The monoisotopic (exact) mass is 568 g/mol. The number of hydrogen-bond donors (Lipinski definition) is 1. The number of fused-ring (bicyclic) bond motifs is 1. The molecule has 1 saturated carbocycles. The molecule has 2 aliphatic heterocycles. The average Bonchev–Trinajstić information content (AvgIpc) is 3.84. The third-order valence-corrected chi connectivity index (χ3v) is 9.96. The number of methoxy groups -OCH3 is 1. The fraction of sp³-hybridized carbons (Fsp3) is 0.500. The summed E-state index contributed by atoms with van der Waals surface area (Å²) >= 11 is 0. The van der Waals surface area contributed by atoms with Crippen molar-refractivity contribution in [2.45, 2.75) is 96.4 Å². The molecule has 0 unspecified atom stereocenters. The molecule has 0 radical (unpaired) electrons. The van der Waals surface area contributed by atoms with E-state index in [0.29, 0.717) is 23.9 Å². The number of aliphatic carboxylic acids is 1. The van der Waals surface area contributed by atoms with Crippen molar-refractivity contribution in [3.8, 4) is 22.8 Å². The molecular weight excluding hydrogens is 524 g/mol. The number of carboxylic acids is 1. The molecule has 3 aliphatic rings. The van der Waals surface area contributed by atoms with E-state index in [9.17, 15) is 9.90 Å². The van der Waals surface area contributed by atoms with Gasteiger partial charge in [0.15, 0.2) is 0 Å². The fourth-order valence-corrected chi connectivity index (χ4v) is 7.30. The molecule has 2 aromatic carbocycles. The first-order valence-electron chi connectivity index (χ1n) is 15.7. The van der Waals surface area contributed by atoms with Crippen molar-refractivity contribution in [1.82, 2.24) is 9.88 Å². The minimum Gasteiger partial charge on any atom is -0.485 e. The molecule has 0 amide bonds. The third-order valence-electron chi connectivity index (χ3n) is 9.96. The fourth-order valence-electron chi connectivity index (χ4n) is 7.30. The smallest absolute Gasteiger partial charge is 0.306 e. The van der Waals surface area contributed by atoms with Crippen molar-refractivity contribution in [1.29, 1.82) is 0 Å². The second-order valence-electron chi connectivity index (χ2n) is 12.8. The Labute approximate surface area is 250 Å². The highest BCUT2D eigenvalue weighted by Gasteiger charge is 2.39. The molecule has 1 saturated heterocycles. The summed E-state index contributed by atoms with van der Waals surface area (Å²) in [7, 11) is 1.66. The number of piperidine rings is 1. The van der Waals surface area contributed by atoms with Crippen LogP contribution in [0.5, 0.6) is 11.6 Å². The second-order valence-corrected chi connectivity index (χ2v) is 12.8. The topological polar surface area (TPSA) is 71.9 Å². The predicted molar refractivity (Wildman–Crippen MR) is 165 cm³/mol. The summed E-state index contributed by atoms with van der Waals surface area (Å²) in [6.45, 7) is 7.45. The Morgan fingerprint density at radius 3 is 2.55 bits per heavy atom. The zero-order chi connectivity index (χ0) is 29.4. The van der Waals surface area contributed by atoms with Crippen LogP contribution in [0.2, 0.25) is 0 Å². The van der Waals surface area contributed by atoms with Gasteiger partial charge in [-0.3, -0.25) is 9.69 Å². The summed E-state index contributed by atoms with van der Waals surface area (Å²) in [4.78, 5) is 18.9. The Morgan fingerprint density at radius 2 is 1.83 bits per heavy atom. The Balaban J connectivity index is 1.32. The van der Waals surface area contributed by atoms with Gasteiger partial charge >= 0.3 is 5.97 Å². The number of likely N-dealkylation sites (tertiary alicyclic amines) is 1. The number of pyridine rings is 1. The molecule has 3 aromatic rings. The Hall–Kier alpha value is -3.38. The molecule has 0 spiro atoms. The molecule has 1 aromatic heterocycles. The van der Waals surface area contributed by atoms with E-state index >= 15 is 0 Å². The van der Waals surface area contributed by atoms with Gasteiger partial charge < -0.3 is 14.6 Å². The van der Waals surface area contributed by atoms with Gasteiger partial charge in [-0.1, -0.05) is 43.7 Å². The van der Waals surface area contributed by atoms with Gasteiger partial charge in [-0.25, -0.2) is 4.98 Å². The maximum absolute atomic E-state index is 11.9. The van der Waals surface area contributed by atoms with Crippen LogP contribution in [0.1, 0.15) is 93.6 Å². The van der Waals surface area contributed by atoms with E-state index in [4.69, 9.17) is 9.47 Å². The highest BCUT2D eigenvalue weighted by Crippen LogP contribution is 2.48. The van der Waals surface area contributed by atoms with Crippen molar-refractivity contribution in [2.75, 3.05) is 7.11 Å². The summed E-state index contributed by atoms with van der Waals surface area (Å²) in [5, 5.41) is 9.78. The van der Waals surface area contributed by atoms with Crippen LogP contribution in [0.15, 0.2) is 54.7 Å². The first-order chi connectivity index (χ1) is 20.3. The lowest BCUT2D eigenvalue weighted by Gasteiger charge is -2.39. The molecule has 1 N–H and O–H groups in total. The van der Waals surface area contributed by atoms with Crippen molar-refractivity contribution in [3.63, 3.8) is 0 Å². The van der Waals surface area contributed by atoms with Gasteiger partial charge in [-0.15, -0.1) is 0 Å². The van der Waals surface area contributed by atoms with Crippen LogP contribution in [0.4, 0.5) is 0 Å². The molecule has 222 valence electrons. The summed E-state index contributed by atoms with van der Waals surface area (Å²) in [5.41, 5.74) is 7.12. The number of ether oxygens (including phenoxy) is 2. The lowest BCUT2D eigenvalue weighted by atomic mass is 9.82. The van der Waals surface area contributed by atoms with Gasteiger partial charge in [0, 0.05) is 30.9 Å². The number of hydrogen-bond acceptors (Lipinski definition) is 5. The molecule has 0 bridgehead atoms. The number of nitrogens with zero attached hydrogens (tertiary/aromatic N) is 2. The predicted octanol–water partition coefficient (Wildman–Crippen LogP) is 7.80. The summed E-state index contributed by atoms with van der Waals surface area (Å²) in [5.74, 6) is 0.891. The first-order valence-corrected chi connectivity index (χ1v) is 15.7. The van der Waals surface area contributed by atoms with Gasteiger partial charge in [-0.05, 0) is 110 Å². The van der Waals surface area contributed by atoms with E-state index in [1.807, 2.05) is 19.2 Å². The van der Waals surface area contributed by atoms with E-state index in [2.05, 4.69) is 66.2 Å². The second kappa shape index (κ2) is 12.1. The van der Waals surface area contributed by atoms with Gasteiger partial charge in [-0.2, -0.15) is 0 Å². The zero-order valence-corrected chi connectivity index (χ0v) is 25.4. The molecular formula is C36H44N2O4. The van der Waals surface area contributed by atoms with Crippen molar-refractivity contribution in [2.24, 2.45) is 11.8 Å². The normalized spacial score (nSPS) is 23.9. The van der Waals surface area contributed by atoms with Crippen LogP contribution < -0.4 is 9.47 Å². The minimum absolute atomic E-state index is 0.0357. The number of aryl methyl sites for hydroxylation is 1. The van der Waals surface area contributed by atoms with E-state index < -0.39 is 11.9 Å². The molecule has 2 fully saturated rings. The Kier molecular flexibility index (Phi) is 8.26. The van der Waals surface area contributed by atoms with Gasteiger partial charge in [0.2, 0.25) is 5.88 Å². The average molecular weight is 569 g/mol. The molecule has 6 nitrogen and oxygen atoms in total. The highest BCUT2D eigenvalue weighted by atomic mass is 16.5. The number of aromatic nitrogens is 1.